The molecule has 26 heavy (non-hydrogen) atoms. The van der Waals surface area contributed by atoms with E-state index in [0.717, 1.165) is 26.1 Å². The summed E-state index contributed by atoms with van der Waals surface area (Å²) in [5, 5.41) is 2.72. The molecule has 1 N–H and O–H groups in total. The Morgan fingerprint density at radius 2 is 1.96 bits per heavy atom. The molecule has 0 aliphatic carbocycles. The molecule has 1 fully saturated rings. The Balaban J connectivity index is 1.83. The molecule has 0 saturated carbocycles. The molecule has 1 saturated heterocycles. The van der Waals surface area contributed by atoms with E-state index in [1.807, 2.05) is 17.9 Å². The summed E-state index contributed by atoms with van der Waals surface area (Å²) in [4.78, 5) is 29.0. The molecule has 1 aliphatic heterocycles. The molecule has 144 valence electrons. The van der Waals surface area contributed by atoms with Crippen LogP contribution in [-0.2, 0) is 9.53 Å². The van der Waals surface area contributed by atoms with Crippen molar-refractivity contribution in [1.82, 2.24) is 15.1 Å². The lowest BCUT2D eigenvalue weighted by Crippen LogP contribution is -2.42. The summed E-state index contributed by atoms with van der Waals surface area (Å²) >= 11 is 0. The topological polar surface area (TPSA) is 71.1 Å². The van der Waals surface area contributed by atoms with E-state index in [1.54, 1.807) is 25.3 Å². The maximum Gasteiger partial charge on any atom is 0.255 e. The summed E-state index contributed by atoms with van der Waals surface area (Å²) < 4.78 is 10.6. The van der Waals surface area contributed by atoms with Gasteiger partial charge in [-0.25, -0.2) is 0 Å². The van der Waals surface area contributed by atoms with E-state index in [2.05, 4.69) is 10.2 Å². The first-order valence-corrected chi connectivity index (χ1v) is 9.14. The SMILES string of the molecule is CCOc1ccccc1C(=O)NCC(=O)N1CCCN(CCOC)CC1. The fraction of sp³-hybridized carbons (Fsp3) is 0.579. The Morgan fingerprint density at radius 1 is 1.15 bits per heavy atom. The van der Waals surface area contributed by atoms with Gasteiger partial charge in [-0.3, -0.25) is 14.5 Å². The number of nitrogens with zero attached hydrogens (tertiary/aromatic N) is 2. The molecule has 0 aromatic heterocycles. The highest BCUT2D eigenvalue weighted by atomic mass is 16.5. The van der Waals surface area contributed by atoms with Gasteiger partial charge in [0.2, 0.25) is 5.91 Å². The molecule has 0 bridgehead atoms. The van der Waals surface area contributed by atoms with Crippen molar-refractivity contribution < 1.29 is 19.1 Å². The first-order valence-electron chi connectivity index (χ1n) is 9.14. The molecular formula is C19H29N3O4. The van der Waals surface area contributed by atoms with Crippen molar-refractivity contribution in [2.75, 3.05) is 59.6 Å². The highest BCUT2D eigenvalue weighted by Gasteiger charge is 2.20. The molecule has 1 aliphatic rings. The first-order chi connectivity index (χ1) is 12.7. The van der Waals surface area contributed by atoms with Crippen LogP contribution in [0.5, 0.6) is 5.75 Å². The van der Waals surface area contributed by atoms with Crippen molar-refractivity contribution in [1.29, 1.82) is 0 Å². The third kappa shape index (κ3) is 6.00. The highest BCUT2D eigenvalue weighted by molar-refractivity contribution is 5.98. The predicted octanol–water partition coefficient (Wildman–Crippen LogP) is 0.996. The Bertz CT molecular complexity index is 594. The molecule has 0 atom stereocenters. The highest BCUT2D eigenvalue weighted by Crippen LogP contribution is 2.17. The second-order valence-electron chi connectivity index (χ2n) is 6.18. The van der Waals surface area contributed by atoms with Crippen LogP contribution in [0, 0.1) is 0 Å². The minimum absolute atomic E-state index is 0.00262. The normalized spacial score (nSPS) is 15.4. The molecule has 7 nitrogen and oxygen atoms in total. The van der Waals surface area contributed by atoms with Crippen LogP contribution in [0.3, 0.4) is 0 Å². The van der Waals surface area contributed by atoms with Gasteiger partial charge in [-0.1, -0.05) is 12.1 Å². The monoisotopic (exact) mass is 363 g/mol. The fourth-order valence-electron chi connectivity index (χ4n) is 2.96. The van der Waals surface area contributed by atoms with E-state index < -0.39 is 0 Å². The number of methoxy groups -OCH3 is 1. The molecule has 0 spiro atoms. The maximum atomic E-state index is 12.5. The first kappa shape index (κ1) is 20.2. The maximum absolute atomic E-state index is 12.5. The molecule has 1 heterocycles. The van der Waals surface area contributed by atoms with Gasteiger partial charge in [0, 0.05) is 33.3 Å². The zero-order valence-electron chi connectivity index (χ0n) is 15.7. The van der Waals surface area contributed by atoms with Crippen LogP contribution in [0.1, 0.15) is 23.7 Å². The average molecular weight is 363 g/mol. The predicted molar refractivity (Wildman–Crippen MR) is 99.5 cm³/mol. The van der Waals surface area contributed by atoms with Crippen LogP contribution in [0.15, 0.2) is 24.3 Å². The van der Waals surface area contributed by atoms with Gasteiger partial charge in [-0.15, -0.1) is 0 Å². The number of amides is 2. The smallest absolute Gasteiger partial charge is 0.255 e. The van der Waals surface area contributed by atoms with E-state index in [9.17, 15) is 9.59 Å². The lowest BCUT2D eigenvalue weighted by molar-refractivity contribution is -0.130. The molecular weight excluding hydrogens is 334 g/mol. The van der Waals surface area contributed by atoms with Gasteiger partial charge in [-0.05, 0) is 32.0 Å². The van der Waals surface area contributed by atoms with Crippen molar-refractivity contribution >= 4 is 11.8 Å². The molecule has 1 aromatic carbocycles. The van der Waals surface area contributed by atoms with E-state index in [1.165, 1.54) is 0 Å². The zero-order chi connectivity index (χ0) is 18.8. The second kappa shape index (κ2) is 10.8. The van der Waals surface area contributed by atoms with Crippen molar-refractivity contribution in [2.24, 2.45) is 0 Å². The van der Waals surface area contributed by atoms with Gasteiger partial charge in [0.15, 0.2) is 0 Å². The molecule has 7 heteroatoms. The van der Waals surface area contributed by atoms with Crippen molar-refractivity contribution in [3.05, 3.63) is 29.8 Å². The number of nitrogens with one attached hydrogen (secondary N) is 1. The number of carbonyl (C=O) groups excluding carboxylic acids is 2. The number of para-hydroxylation sites is 1. The lowest BCUT2D eigenvalue weighted by Gasteiger charge is -2.22. The number of ether oxygens (including phenoxy) is 2. The van der Waals surface area contributed by atoms with Gasteiger partial charge in [0.05, 0.1) is 25.3 Å². The Hall–Kier alpha value is -2.12. The van der Waals surface area contributed by atoms with E-state index in [0.29, 0.717) is 37.6 Å². The van der Waals surface area contributed by atoms with Crippen LogP contribution < -0.4 is 10.1 Å². The Morgan fingerprint density at radius 3 is 2.73 bits per heavy atom. The Labute approximate surface area is 155 Å². The van der Waals surface area contributed by atoms with Gasteiger partial charge in [-0.2, -0.15) is 0 Å². The average Bonchev–Trinajstić information content (AvgIpc) is 2.90. The standard InChI is InChI=1S/C19H29N3O4/c1-3-26-17-8-5-4-7-16(17)19(24)20-15-18(23)22-10-6-9-21(11-12-22)13-14-25-2/h4-5,7-8H,3,6,9-15H2,1-2H3,(H,20,24). The summed E-state index contributed by atoms with van der Waals surface area (Å²) in [7, 11) is 1.69. The van der Waals surface area contributed by atoms with Crippen molar-refractivity contribution in [3.8, 4) is 5.75 Å². The van der Waals surface area contributed by atoms with Crippen LogP contribution in [-0.4, -0.2) is 81.2 Å². The Kier molecular flexibility index (Phi) is 8.37. The van der Waals surface area contributed by atoms with Gasteiger partial charge >= 0.3 is 0 Å². The minimum atomic E-state index is -0.293. The van der Waals surface area contributed by atoms with Crippen LogP contribution >= 0.6 is 0 Å². The largest absolute Gasteiger partial charge is 0.493 e. The number of carbonyl (C=O) groups is 2. The second-order valence-corrected chi connectivity index (χ2v) is 6.18. The fourth-order valence-corrected chi connectivity index (χ4v) is 2.96. The number of hydrogen-bond donors (Lipinski definition) is 1. The summed E-state index contributed by atoms with van der Waals surface area (Å²) in [6, 6.07) is 7.05. The number of rotatable bonds is 8. The zero-order valence-corrected chi connectivity index (χ0v) is 15.7. The minimum Gasteiger partial charge on any atom is -0.493 e. The van der Waals surface area contributed by atoms with Crippen LogP contribution in [0.4, 0.5) is 0 Å². The molecule has 2 amide bonds. The quantitative estimate of drug-likeness (QED) is 0.746. The molecule has 1 aromatic rings. The van der Waals surface area contributed by atoms with E-state index >= 15 is 0 Å². The molecule has 2 rings (SSSR count). The van der Waals surface area contributed by atoms with Gasteiger partial charge in [0.25, 0.3) is 5.91 Å². The molecule has 0 unspecified atom stereocenters. The summed E-state index contributed by atoms with van der Waals surface area (Å²) in [5.41, 5.74) is 0.448. The van der Waals surface area contributed by atoms with E-state index in [4.69, 9.17) is 9.47 Å². The number of benzene rings is 1. The molecule has 0 radical (unpaired) electrons. The van der Waals surface area contributed by atoms with Gasteiger partial charge < -0.3 is 19.7 Å². The van der Waals surface area contributed by atoms with Crippen molar-refractivity contribution in [3.63, 3.8) is 0 Å². The third-order valence-corrected chi connectivity index (χ3v) is 4.38. The van der Waals surface area contributed by atoms with E-state index in [-0.39, 0.29) is 18.4 Å². The summed E-state index contributed by atoms with van der Waals surface area (Å²) in [6.45, 7) is 7.10. The van der Waals surface area contributed by atoms with Gasteiger partial charge in [0.1, 0.15) is 5.75 Å². The summed E-state index contributed by atoms with van der Waals surface area (Å²) in [6.07, 6.45) is 0.927. The van der Waals surface area contributed by atoms with Crippen molar-refractivity contribution in [2.45, 2.75) is 13.3 Å². The number of hydrogen-bond acceptors (Lipinski definition) is 5. The third-order valence-electron chi connectivity index (χ3n) is 4.38. The van der Waals surface area contributed by atoms with Crippen LogP contribution in [0.25, 0.3) is 0 Å². The lowest BCUT2D eigenvalue weighted by atomic mass is 10.2. The van der Waals surface area contributed by atoms with Crippen LogP contribution in [0.2, 0.25) is 0 Å². The summed E-state index contributed by atoms with van der Waals surface area (Å²) in [5.74, 6) is 0.184.